The van der Waals surface area contributed by atoms with E-state index in [4.69, 9.17) is 11.6 Å². The number of aryl methyl sites for hydroxylation is 2. The molecule has 0 aliphatic carbocycles. The largest absolute Gasteiger partial charge is 0.300 e. The van der Waals surface area contributed by atoms with Gasteiger partial charge in [-0.1, -0.05) is 29.8 Å². The summed E-state index contributed by atoms with van der Waals surface area (Å²) >= 11 is 6.45. The number of rotatable bonds is 3. The molecule has 18 heavy (non-hydrogen) atoms. The van der Waals surface area contributed by atoms with Crippen molar-refractivity contribution in [3.63, 3.8) is 0 Å². The number of aromatic nitrogens is 1. The van der Waals surface area contributed by atoms with E-state index in [1.54, 1.807) is 6.92 Å². The minimum absolute atomic E-state index is 0.176. The monoisotopic (exact) mass is 261 g/mol. The molecule has 94 valence electrons. The topological polar surface area (TPSA) is 30.0 Å². The Morgan fingerprint density at radius 3 is 2.72 bits per heavy atom. The predicted octanol–water partition coefficient (Wildman–Crippen LogP) is 4.03. The molecule has 0 saturated heterocycles. The first kappa shape index (κ1) is 13.0. The van der Waals surface area contributed by atoms with Crippen LogP contribution in [0.5, 0.6) is 0 Å². The third-order valence-corrected chi connectivity index (χ3v) is 3.61. The molecule has 0 N–H and O–H groups in total. The van der Waals surface area contributed by atoms with E-state index in [1.807, 2.05) is 32.0 Å². The first-order valence-corrected chi connectivity index (χ1v) is 6.42. The normalized spacial score (nSPS) is 10.9. The maximum absolute atomic E-state index is 11.1. The molecule has 1 aromatic heterocycles. The Hall–Kier alpha value is -1.41. The number of ketones is 1. The molecule has 0 spiro atoms. The quantitative estimate of drug-likeness (QED) is 0.835. The van der Waals surface area contributed by atoms with Crippen molar-refractivity contribution in [2.24, 2.45) is 0 Å². The van der Waals surface area contributed by atoms with Gasteiger partial charge in [0.15, 0.2) is 0 Å². The highest BCUT2D eigenvalue weighted by atomic mass is 35.5. The van der Waals surface area contributed by atoms with E-state index in [0.29, 0.717) is 12.8 Å². The Kier molecular flexibility index (Phi) is 3.67. The second kappa shape index (κ2) is 5.07. The molecule has 3 heteroatoms. The van der Waals surface area contributed by atoms with Crippen LogP contribution >= 0.6 is 11.6 Å². The van der Waals surface area contributed by atoms with E-state index in [-0.39, 0.29) is 5.78 Å². The van der Waals surface area contributed by atoms with Gasteiger partial charge in [0.25, 0.3) is 0 Å². The van der Waals surface area contributed by atoms with Gasteiger partial charge in [-0.3, -0.25) is 4.98 Å². The lowest BCUT2D eigenvalue weighted by atomic mass is 10.0. The lowest BCUT2D eigenvalue weighted by Crippen LogP contribution is -2.00. The van der Waals surface area contributed by atoms with E-state index in [9.17, 15) is 4.79 Å². The molecular formula is C15H16ClNO. The average molecular weight is 262 g/mol. The van der Waals surface area contributed by atoms with Crippen LogP contribution in [0.15, 0.2) is 18.2 Å². The Labute approximate surface area is 112 Å². The summed E-state index contributed by atoms with van der Waals surface area (Å²) in [6.45, 7) is 5.58. The van der Waals surface area contributed by atoms with Crippen molar-refractivity contribution in [3.05, 3.63) is 40.0 Å². The number of para-hydroxylation sites is 1. The number of fused-ring (bicyclic) bond motifs is 1. The lowest BCUT2D eigenvalue weighted by molar-refractivity contribution is -0.116. The zero-order valence-electron chi connectivity index (χ0n) is 10.9. The number of benzene rings is 1. The number of nitrogens with zero attached hydrogens (tertiary/aromatic N) is 1. The Morgan fingerprint density at radius 1 is 1.33 bits per heavy atom. The second-order valence-electron chi connectivity index (χ2n) is 4.66. The number of pyridine rings is 1. The number of carbonyl (C=O) groups is 1. The zero-order valence-corrected chi connectivity index (χ0v) is 11.6. The summed E-state index contributed by atoms with van der Waals surface area (Å²) in [6, 6.07) is 5.99. The highest BCUT2D eigenvalue weighted by Crippen LogP contribution is 2.30. The molecule has 0 aliphatic heterocycles. The van der Waals surface area contributed by atoms with Gasteiger partial charge in [0.2, 0.25) is 0 Å². The SMILES string of the molecule is CC(=O)CCc1c(C)nc2c(C)cccc2c1Cl. The van der Waals surface area contributed by atoms with Crippen LogP contribution in [0.2, 0.25) is 5.02 Å². The number of Topliss-reactive ketones (excluding diaryl/α,β-unsaturated/α-hetero) is 1. The molecule has 0 atom stereocenters. The first-order chi connectivity index (χ1) is 8.50. The molecular weight excluding hydrogens is 246 g/mol. The summed E-state index contributed by atoms with van der Waals surface area (Å²) in [7, 11) is 0. The van der Waals surface area contributed by atoms with Gasteiger partial charge in [-0.05, 0) is 38.3 Å². The fourth-order valence-electron chi connectivity index (χ4n) is 2.13. The number of hydrogen-bond donors (Lipinski definition) is 0. The maximum Gasteiger partial charge on any atom is 0.130 e. The van der Waals surface area contributed by atoms with Crippen molar-refractivity contribution in [1.82, 2.24) is 4.98 Å². The summed E-state index contributed by atoms with van der Waals surface area (Å²) in [5, 5.41) is 1.71. The van der Waals surface area contributed by atoms with Crippen LogP contribution in [-0.2, 0) is 11.2 Å². The maximum atomic E-state index is 11.1. The van der Waals surface area contributed by atoms with Crippen LogP contribution in [0.25, 0.3) is 10.9 Å². The van der Waals surface area contributed by atoms with E-state index in [2.05, 4.69) is 4.98 Å². The number of hydrogen-bond acceptors (Lipinski definition) is 2. The molecule has 2 aromatic rings. The van der Waals surface area contributed by atoms with Crippen LogP contribution in [0.3, 0.4) is 0 Å². The molecule has 0 saturated carbocycles. The summed E-state index contributed by atoms with van der Waals surface area (Å²) in [5.74, 6) is 0.176. The molecule has 2 rings (SSSR count). The standard InChI is InChI=1S/C15H16ClNO/c1-9-5-4-6-13-14(16)12(8-7-10(2)18)11(3)17-15(9)13/h4-6H,7-8H2,1-3H3. The van der Waals surface area contributed by atoms with Crippen LogP contribution in [0.1, 0.15) is 30.2 Å². The third kappa shape index (κ3) is 2.39. The molecule has 0 radical (unpaired) electrons. The highest BCUT2D eigenvalue weighted by molar-refractivity contribution is 6.36. The minimum atomic E-state index is 0.176. The smallest absolute Gasteiger partial charge is 0.130 e. The molecule has 0 aliphatic rings. The zero-order chi connectivity index (χ0) is 13.3. The predicted molar refractivity (Wildman–Crippen MR) is 75.2 cm³/mol. The molecule has 1 aromatic carbocycles. The summed E-state index contributed by atoms with van der Waals surface area (Å²) < 4.78 is 0. The Balaban J connectivity index is 2.58. The summed E-state index contributed by atoms with van der Waals surface area (Å²) in [4.78, 5) is 15.7. The van der Waals surface area contributed by atoms with E-state index in [0.717, 1.165) is 32.7 Å². The second-order valence-corrected chi connectivity index (χ2v) is 5.04. The fourth-order valence-corrected chi connectivity index (χ4v) is 2.52. The lowest BCUT2D eigenvalue weighted by Gasteiger charge is -2.11. The van der Waals surface area contributed by atoms with E-state index >= 15 is 0 Å². The Morgan fingerprint density at radius 2 is 2.06 bits per heavy atom. The molecule has 2 nitrogen and oxygen atoms in total. The molecule has 0 amide bonds. The molecule has 0 unspecified atom stereocenters. The van der Waals surface area contributed by atoms with Crippen molar-refractivity contribution < 1.29 is 4.79 Å². The van der Waals surface area contributed by atoms with Crippen molar-refractivity contribution >= 4 is 28.3 Å². The van der Waals surface area contributed by atoms with Gasteiger partial charge < -0.3 is 4.79 Å². The van der Waals surface area contributed by atoms with Crippen molar-refractivity contribution in [3.8, 4) is 0 Å². The minimum Gasteiger partial charge on any atom is -0.300 e. The van der Waals surface area contributed by atoms with Crippen molar-refractivity contribution in [2.75, 3.05) is 0 Å². The van der Waals surface area contributed by atoms with Gasteiger partial charge in [-0.25, -0.2) is 0 Å². The molecule has 0 bridgehead atoms. The van der Waals surface area contributed by atoms with Gasteiger partial charge in [0.05, 0.1) is 10.5 Å². The Bertz CT molecular complexity index is 619. The van der Waals surface area contributed by atoms with Crippen molar-refractivity contribution in [2.45, 2.75) is 33.6 Å². The van der Waals surface area contributed by atoms with Gasteiger partial charge >= 0.3 is 0 Å². The summed E-state index contributed by atoms with van der Waals surface area (Å²) in [5.41, 5.74) is 3.98. The van der Waals surface area contributed by atoms with Gasteiger partial charge in [0.1, 0.15) is 5.78 Å². The van der Waals surface area contributed by atoms with Gasteiger partial charge in [0, 0.05) is 17.5 Å². The first-order valence-electron chi connectivity index (χ1n) is 6.04. The third-order valence-electron chi connectivity index (χ3n) is 3.18. The number of carbonyl (C=O) groups excluding carboxylic acids is 1. The van der Waals surface area contributed by atoms with Crippen LogP contribution in [-0.4, -0.2) is 10.8 Å². The van der Waals surface area contributed by atoms with E-state index < -0.39 is 0 Å². The van der Waals surface area contributed by atoms with Gasteiger partial charge in [-0.2, -0.15) is 0 Å². The van der Waals surface area contributed by atoms with Crippen LogP contribution in [0, 0.1) is 13.8 Å². The number of halogens is 1. The molecule has 0 fully saturated rings. The highest BCUT2D eigenvalue weighted by Gasteiger charge is 2.12. The van der Waals surface area contributed by atoms with Crippen LogP contribution in [0.4, 0.5) is 0 Å². The summed E-state index contributed by atoms with van der Waals surface area (Å²) in [6.07, 6.45) is 1.18. The van der Waals surface area contributed by atoms with Crippen molar-refractivity contribution in [1.29, 1.82) is 0 Å². The molecule has 1 heterocycles. The fraction of sp³-hybridized carbons (Fsp3) is 0.333. The van der Waals surface area contributed by atoms with E-state index in [1.165, 1.54) is 0 Å². The average Bonchev–Trinajstić information content (AvgIpc) is 2.30. The van der Waals surface area contributed by atoms with Gasteiger partial charge in [-0.15, -0.1) is 0 Å². The van der Waals surface area contributed by atoms with Crippen LogP contribution < -0.4 is 0 Å².